The van der Waals surface area contributed by atoms with Crippen molar-refractivity contribution in [3.8, 4) is 0 Å². The molecule has 11 heavy (non-hydrogen) atoms. The highest BCUT2D eigenvalue weighted by Crippen LogP contribution is 2.54. The molecule has 0 radical (unpaired) electrons. The Kier molecular flexibility index (Phi) is 1.51. The molecule has 1 saturated carbocycles. The molecule has 0 aliphatic heterocycles. The molecule has 2 rings (SSSR count). The van der Waals surface area contributed by atoms with Crippen LogP contribution < -0.4 is 0 Å². The van der Waals surface area contributed by atoms with Crippen LogP contribution in [0.3, 0.4) is 0 Å². The second kappa shape index (κ2) is 2.29. The summed E-state index contributed by atoms with van der Waals surface area (Å²) in [5.41, 5.74) is 1.27. The second-order valence-electron chi connectivity index (χ2n) is 3.10. The summed E-state index contributed by atoms with van der Waals surface area (Å²) in [5.74, 6) is 0.475. The molecule has 60 valence electrons. The molecule has 1 aromatic rings. The minimum atomic E-state index is -0.504. The van der Waals surface area contributed by atoms with Crippen LogP contribution >= 0.6 is 11.3 Å². The molecule has 0 saturated heterocycles. The van der Waals surface area contributed by atoms with Crippen molar-refractivity contribution in [3.63, 3.8) is 0 Å². The zero-order valence-corrected chi connectivity index (χ0v) is 7.27. The topological polar surface area (TPSA) is 33.1 Å². The standard InChI is InChI=1S/C8H11NOS/c1-2-6-3-8(6,10)7-4-9-5-11-7/h4-6,10H,2-3H2,1H3. The summed E-state index contributed by atoms with van der Waals surface area (Å²) >= 11 is 1.55. The van der Waals surface area contributed by atoms with Crippen LogP contribution in [0.25, 0.3) is 0 Å². The molecular weight excluding hydrogens is 158 g/mol. The molecule has 1 N–H and O–H groups in total. The molecule has 0 bridgehead atoms. The lowest BCUT2D eigenvalue weighted by atomic mass is 10.2. The van der Waals surface area contributed by atoms with Crippen molar-refractivity contribution in [1.29, 1.82) is 0 Å². The van der Waals surface area contributed by atoms with E-state index in [0.717, 1.165) is 17.7 Å². The largest absolute Gasteiger partial charge is 0.384 e. The lowest BCUT2D eigenvalue weighted by Crippen LogP contribution is -2.05. The molecule has 2 atom stereocenters. The molecule has 2 nitrogen and oxygen atoms in total. The Morgan fingerprint density at radius 2 is 2.73 bits per heavy atom. The van der Waals surface area contributed by atoms with Crippen LogP contribution in [0.1, 0.15) is 24.6 Å². The molecule has 2 unspecified atom stereocenters. The van der Waals surface area contributed by atoms with Gasteiger partial charge < -0.3 is 5.11 Å². The third-order valence-corrected chi connectivity index (χ3v) is 3.36. The lowest BCUT2D eigenvalue weighted by Gasteiger charge is -2.04. The highest BCUT2D eigenvalue weighted by Gasteiger charge is 2.53. The minimum Gasteiger partial charge on any atom is -0.384 e. The molecule has 0 spiro atoms. The first-order valence-electron chi connectivity index (χ1n) is 3.88. The maximum Gasteiger partial charge on any atom is 0.104 e. The van der Waals surface area contributed by atoms with Gasteiger partial charge in [-0.05, 0) is 12.3 Å². The molecule has 3 heteroatoms. The van der Waals surface area contributed by atoms with Gasteiger partial charge in [0, 0.05) is 6.20 Å². The van der Waals surface area contributed by atoms with E-state index in [9.17, 15) is 5.11 Å². The van der Waals surface area contributed by atoms with Crippen LogP contribution in [0.5, 0.6) is 0 Å². The van der Waals surface area contributed by atoms with Gasteiger partial charge in [0.2, 0.25) is 0 Å². The quantitative estimate of drug-likeness (QED) is 0.731. The number of nitrogens with zero attached hydrogens (tertiary/aromatic N) is 1. The first-order valence-corrected chi connectivity index (χ1v) is 4.76. The normalized spacial score (nSPS) is 35.6. The van der Waals surface area contributed by atoms with Crippen molar-refractivity contribution in [1.82, 2.24) is 4.98 Å². The Balaban J connectivity index is 2.19. The van der Waals surface area contributed by atoms with Gasteiger partial charge in [-0.2, -0.15) is 0 Å². The molecule has 0 amide bonds. The van der Waals surface area contributed by atoms with E-state index >= 15 is 0 Å². The highest BCUT2D eigenvalue weighted by atomic mass is 32.1. The van der Waals surface area contributed by atoms with Gasteiger partial charge in [0.25, 0.3) is 0 Å². The summed E-state index contributed by atoms with van der Waals surface area (Å²) in [6.07, 6.45) is 3.76. The number of thiazole rings is 1. The van der Waals surface area contributed by atoms with Crippen LogP contribution in [0.4, 0.5) is 0 Å². The Morgan fingerprint density at radius 1 is 1.91 bits per heavy atom. The van der Waals surface area contributed by atoms with Gasteiger partial charge in [-0.15, -0.1) is 11.3 Å². The lowest BCUT2D eigenvalue weighted by molar-refractivity contribution is 0.134. The van der Waals surface area contributed by atoms with Gasteiger partial charge in [-0.3, -0.25) is 4.98 Å². The van der Waals surface area contributed by atoms with Crippen molar-refractivity contribution in [3.05, 3.63) is 16.6 Å². The molecular formula is C8H11NOS. The van der Waals surface area contributed by atoms with Gasteiger partial charge in [0.05, 0.1) is 10.4 Å². The first-order chi connectivity index (χ1) is 5.27. The summed E-state index contributed by atoms with van der Waals surface area (Å²) < 4.78 is 0. The van der Waals surface area contributed by atoms with Crippen molar-refractivity contribution in [2.75, 3.05) is 0 Å². The van der Waals surface area contributed by atoms with E-state index in [0.29, 0.717) is 5.92 Å². The summed E-state index contributed by atoms with van der Waals surface area (Å²) in [7, 11) is 0. The molecule has 1 heterocycles. The highest BCUT2D eigenvalue weighted by molar-refractivity contribution is 7.09. The van der Waals surface area contributed by atoms with E-state index in [4.69, 9.17) is 0 Å². The fourth-order valence-electron chi connectivity index (χ4n) is 1.53. The van der Waals surface area contributed by atoms with E-state index in [-0.39, 0.29) is 0 Å². The maximum absolute atomic E-state index is 9.92. The number of rotatable bonds is 2. The number of aliphatic hydroxyl groups is 1. The molecule has 1 aromatic heterocycles. The van der Waals surface area contributed by atoms with Crippen molar-refractivity contribution in [2.24, 2.45) is 5.92 Å². The van der Waals surface area contributed by atoms with Gasteiger partial charge in [0.1, 0.15) is 5.60 Å². The molecule has 1 aliphatic rings. The van der Waals surface area contributed by atoms with Crippen molar-refractivity contribution in [2.45, 2.75) is 25.4 Å². The fourth-order valence-corrected chi connectivity index (χ4v) is 2.34. The van der Waals surface area contributed by atoms with Gasteiger partial charge in [-0.1, -0.05) is 13.3 Å². The number of hydrogen-bond acceptors (Lipinski definition) is 3. The Bertz CT molecular complexity index is 247. The third kappa shape index (κ3) is 0.993. The van der Waals surface area contributed by atoms with Crippen molar-refractivity contribution < 1.29 is 5.11 Å². The number of hydrogen-bond donors (Lipinski definition) is 1. The van der Waals surface area contributed by atoms with E-state index in [1.165, 1.54) is 0 Å². The van der Waals surface area contributed by atoms with E-state index in [2.05, 4.69) is 11.9 Å². The Morgan fingerprint density at radius 3 is 3.18 bits per heavy atom. The Labute approximate surface area is 69.9 Å². The van der Waals surface area contributed by atoms with Gasteiger partial charge in [0.15, 0.2) is 0 Å². The molecule has 1 fully saturated rings. The summed E-state index contributed by atoms with van der Waals surface area (Å²) in [5, 5.41) is 9.92. The SMILES string of the molecule is CCC1CC1(O)c1cncs1. The molecule has 1 aliphatic carbocycles. The predicted molar refractivity (Wildman–Crippen MR) is 44.4 cm³/mol. The fraction of sp³-hybridized carbons (Fsp3) is 0.625. The average molecular weight is 169 g/mol. The second-order valence-corrected chi connectivity index (χ2v) is 3.99. The van der Waals surface area contributed by atoms with E-state index in [1.807, 2.05) is 0 Å². The average Bonchev–Trinajstić information content (AvgIpc) is 2.55. The summed E-state index contributed by atoms with van der Waals surface area (Å²) in [6.45, 7) is 2.11. The van der Waals surface area contributed by atoms with Gasteiger partial charge >= 0.3 is 0 Å². The zero-order chi connectivity index (χ0) is 7.90. The monoisotopic (exact) mass is 169 g/mol. The van der Waals surface area contributed by atoms with Crippen LogP contribution in [0, 0.1) is 5.92 Å². The number of aromatic nitrogens is 1. The van der Waals surface area contributed by atoms with Gasteiger partial charge in [-0.25, -0.2) is 0 Å². The van der Waals surface area contributed by atoms with Crippen LogP contribution in [-0.2, 0) is 5.60 Å². The minimum absolute atomic E-state index is 0.475. The van der Waals surface area contributed by atoms with E-state index in [1.54, 1.807) is 23.0 Å². The van der Waals surface area contributed by atoms with Crippen molar-refractivity contribution >= 4 is 11.3 Å². The maximum atomic E-state index is 9.92. The third-order valence-electron chi connectivity index (χ3n) is 2.42. The van der Waals surface area contributed by atoms with Crippen LogP contribution in [0.2, 0.25) is 0 Å². The zero-order valence-electron chi connectivity index (χ0n) is 6.45. The Hall–Kier alpha value is -0.410. The van der Waals surface area contributed by atoms with Crippen LogP contribution in [-0.4, -0.2) is 10.1 Å². The van der Waals surface area contributed by atoms with Crippen LogP contribution in [0.15, 0.2) is 11.7 Å². The van der Waals surface area contributed by atoms with E-state index < -0.39 is 5.60 Å². The molecule has 0 aromatic carbocycles. The predicted octanol–water partition coefficient (Wildman–Crippen LogP) is 1.76. The first kappa shape index (κ1) is 7.25. The summed E-state index contributed by atoms with van der Waals surface area (Å²) in [4.78, 5) is 4.99. The smallest absolute Gasteiger partial charge is 0.104 e. The summed E-state index contributed by atoms with van der Waals surface area (Å²) in [6, 6.07) is 0.